The number of ether oxygens (including phenoxy) is 1. The molecule has 0 fully saturated rings. The van der Waals surface area contributed by atoms with Crippen molar-refractivity contribution in [1.29, 1.82) is 0 Å². The zero-order valence-electron chi connectivity index (χ0n) is 6.40. The summed E-state index contributed by atoms with van der Waals surface area (Å²) < 4.78 is 62.9. The van der Waals surface area contributed by atoms with Crippen molar-refractivity contribution in [2.45, 2.75) is 6.36 Å². The van der Waals surface area contributed by atoms with Crippen LogP contribution in [0, 0.1) is 11.8 Å². The van der Waals surface area contributed by atoms with Crippen LogP contribution < -0.4 is 10.5 Å². The van der Waals surface area contributed by atoms with Crippen molar-refractivity contribution in [2.24, 2.45) is 0 Å². The van der Waals surface area contributed by atoms with E-state index in [-0.39, 0.29) is 6.07 Å². The van der Waals surface area contributed by atoms with Crippen molar-refractivity contribution in [3.63, 3.8) is 0 Å². The molecule has 3 nitrogen and oxygen atoms in total. The lowest BCUT2D eigenvalue weighted by Crippen LogP contribution is -2.18. The largest absolute Gasteiger partial charge is 0.574 e. The Morgan fingerprint density at radius 1 is 1.29 bits per heavy atom. The van der Waals surface area contributed by atoms with E-state index in [9.17, 15) is 22.0 Å². The molecule has 0 unspecified atom stereocenters. The first-order valence-electron chi connectivity index (χ1n) is 3.17. The molecule has 0 radical (unpaired) electrons. The third-order valence-electron chi connectivity index (χ3n) is 1.16. The number of alkyl halides is 3. The van der Waals surface area contributed by atoms with Crippen molar-refractivity contribution < 1.29 is 26.7 Å². The summed E-state index contributed by atoms with van der Waals surface area (Å²) in [5.41, 5.74) is 3.81. The van der Waals surface area contributed by atoms with Crippen LogP contribution in [0.4, 0.5) is 27.6 Å². The van der Waals surface area contributed by atoms with E-state index in [1.165, 1.54) is 0 Å². The number of rotatable bonds is 1. The van der Waals surface area contributed by atoms with Crippen LogP contribution in [0.5, 0.6) is 5.88 Å². The molecule has 14 heavy (non-hydrogen) atoms. The van der Waals surface area contributed by atoms with Gasteiger partial charge >= 0.3 is 6.36 Å². The van der Waals surface area contributed by atoms with Crippen LogP contribution in [0.3, 0.4) is 0 Å². The minimum atomic E-state index is -5.05. The lowest BCUT2D eigenvalue weighted by Gasteiger charge is -2.08. The fourth-order valence-corrected chi connectivity index (χ4v) is 0.645. The van der Waals surface area contributed by atoms with Gasteiger partial charge in [0.25, 0.3) is 0 Å². The number of hydrogen-bond acceptors (Lipinski definition) is 3. The van der Waals surface area contributed by atoms with Gasteiger partial charge in [-0.15, -0.1) is 13.2 Å². The fraction of sp³-hybridized carbons (Fsp3) is 0.167. The smallest absolute Gasteiger partial charge is 0.393 e. The lowest BCUT2D eigenvalue weighted by molar-refractivity contribution is -0.276. The monoisotopic (exact) mass is 214 g/mol. The second-order valence-corrected chi connectivity index (χ2v) is 2.19. The molecule has 0 aliphatic heterocycles. The molecule has 1 heterocycles. The Balaban J connectivity index is 3.02. The second-order valence-electron chi connectivity index (χ2n) is 2.19. The molecule has 0 amide bonds. The van der Waals surface area contributed by atoms with Crippen LogP contribution in [0.2, 0.25) is 0 Å². The lowest BCUT2D eigenvalue weighted by atomic mass is 10.4. The van der Waals surface area contributed by atoms with Gasteiger partial charge < -0.3 is 10.5 Å². The Bertz CT molecular complexity index is 328. The Morgan fingerprint density at radius 2 is 1.86 bits per heavy atom. The van der Waals surface area contributed by atoms with Gasteiger partial charge in [0, 0.05) is 6.07 Å². The summed E-state index contributed by atoms with van der Waals surface area (Å²) >= 11 is 0. The Hall–Kier alpha value is -1.60. The number of halogens is 5. The number of aromatic nitrogens is 1. The molecule has 0 aliphatic rings. The fourth-order valence-electron chi connectivity index (χ4n) is 0.645. The van der Waals surface area contributed by atoms with E-state index >= 15 is 0 Å². The molecule has 1 aromatic rings. The van der Waals surface area contributed by atoms with E-state index in [1.54, 1.807) is 0 Å². The molecular weight excluding hydrogens is 211 g/mol. The Morgan fingerprint density at radius 3 is 2.29 bits per heavy atom. The number of hydrogen-bond donors (Lipinski definition) is 1. The van der Waals surface area contributed by atoms with Gasteiger partial charge in [-0.05, 0) is 0 Å². The summed E-state index contributed by atoms with van der Waals surface area (Å²) in [5.74, 6) is -4.15. The predicted molar refractivity (Wildman–Crippen MR) is 35.2 cm³/mol. The third-order valence-corrected chi connectivity index (χ3v) is 1.16. The van der Waals surface area contributed by atoms with Gasteiger partial charge in [0.15, 0.2) is 5.82 Å². The Labute approximate surface area is 74.3 Å². The molecule has 0 aromatic carbocycles. The molecule has 1 aromatic heterocycles. The number of nitrogens with zero attached hydrogens (tertiary/aromatic N) is 1. The van der Waals surface area contributed by atoms with Gasteiger partial charge in [-0.1, -0.05) is 0 Å². The van der Waals surface area contributed by atoms with E-state index in [0.717, 1.165) is 0 Å². The molecule has 1 rings (SSSR count). The van der Waals surface area contributed by atoms with Crippen LogP contribution in [0.1, 0.15) is 0 Å². The first-order valence-corrected chi connectivity index (χ1v) is 3.17. The molecule has 0 saturated heterocycles. The second kappa shape index (κ2) is 3.28. The van der Waals surface area contributed by atoms with Crippen molar-refractivity contribution >= 4 is 5.69 Å². The normalized spacial score (nSPS) is 11.5. The highest BCUT2D eigenvalue weighted by molar-refractivity contribution is 5.39. The zero-order valence-corrected chi connectivity index (χ0v) is 6.40. The van der Waals surface area contributed by atoms with Gasteiger partial charge in [0.2, 0.25) is 11.8 Å². The molecular formula is C6H3F5N2O. The summed E-state index contributed by atoms with van der Waals surface area (Å²) in [6.07, 6.45) is -5.05. The molecule has 0 atom stereocenters. The maximum Gasteiger partial charge on any atom is 0.574 e. The minimum absolute atomic E-state index is 0.242. The quantitative estimate of drug-likeness (QED) is 0.573. The first kappa shape index (κ1) is 10.5. The maximum atomic E-state index is 12.6. The number of nitrogens with two attached hydrogens (primary N) is 1. The van der Waals surface area contributed by atoms with E-state index in [0.29, 0.717) is 0 Å². The van der Waals surface area contributed by atoms with E-state index in [4.69, 9.17) is 5.73 Å². The van der Waals surface area contributed by atoms with Gasteiger partial charge in [0.1, 0.15) is 5.69 Å². The molecule has 0 saturated carbocycles. The van der Waals surface area contributed by atoms with Gasteiger partial charge in [-0.3, -0.25) is 0 Å². The molecule has 8 heteroatoms. The van der Waals surface area contributed by atoms with Crippen LogP contribution >= 0.6 is 0 Å². The van der Waals surface area contributed by atoms with Gasteiger partial charge in [-0.2, -0.15) is 9.37 Å². The van der Waals surface area contributed by atoms with Crippen molar-refractivity contribution in [1.82, 2.24) is 4.98 Å². The molecule has 0 spiro atoms. The van der Waals surface area contributed by atoms with Crippen LogP contribution in [0.15, 0.2) is 6.07 Å². The Kier molecular flexibility index (Phi) is 2.45. The average molecular weight is 214 g/mol. The molecule has 2 N–H and O–H groups in total. The summed E-state index contributed by atoms with van der Waals surface area (Å²) in [4.78, 5) is 2.65. The highest BCUT2D eigenvalue weighted by atomic mass is 19.4. The molecule has 78 valence electrons. The first-order chi connectivity index (χ1) is 6.29. The van der Waals surface area contributed by atoms with E-state index < -0.39 is 29.7 Å². The number of anilines is 1. The van der Waals surface area contributed by atoms with Crippen molar-refractivity contribution in [3.8, 4) is 5.88 Å². The summed E-state index contributed by atoms with van der Waals surface area (Å²) in [7, 11) is 0. The maximum absolute atomic E-state index is 12.6. The van der Waals surface area contributed by atoms with Crippen LogP contribution in [0.25, 0.3) is 0 Å². The summed E-state index contributed by atoms with van der Waals surface area (Å²) in [6, 6.07) is 0.242. The standard InChI is InChI=1S/C6H3F5N2O/c7-2-1-3(14-6(9,10)11)13-5(8)4(2)12/h1H,12H2. The van der Waals surface area contributed by atoms with E-state index in [2.05, 4.69) is 9.72 Å². The van der Waals surface area contributed by atoms with Gasteiger partial charge in [0.05, 0.1) is 0 Å². The number of nitrogen functional groups attached to an aromatic ring is 1. The summed E-state index contributed by atoms with van der Waals surface area (Å²) in [5, 5.41) is 0. The highest BCUT2D eigenvalue weighted by Crippen LogP contribution is 2.24. The van der Waals surface area contributed by atoms with Crippen LogP contribution in [-0.4, -0.2) is 11.3 Å². The summed E-state index contributed by atoms with van der Waals surface area (Å²) in [6.45, 7) is 0. The number of pyridine rings is 1. The van der Waals surface area contributed by atoms with Crippen molar-refractivity contribution in [2.75, 3.05) is 5.73 Å². The van der Waals surface area contributed by atoms with Crippen LogP contribution in [-0.2, 0) is 0 Å². The minimum Gasteiger partial charge on any atom is -0.393 e. The molecule has 0 bridgehead atoms. The van der Waals surface area contributed by atoms with Gasteiger partial charge in [-0.25, -0.2) is 4.39 Å². The topological polar surface area (TPSA) is 48.1 Å². The zero-order chi connectivity index (χ0) is 10.9. The average Bonchev–Trinajstić information content (AvgIpc) is 1.96. The molecule has 0 aliphatic carbocycles. The third kappa shape index (κ3) is 2.44. The van der Waals surface area contributed by atoms with Crippen molar-refractivity contribution in [3.05, 3.63) is 17.8 Å². The van der Waals surface area contributed by atoms with E-state index in [1.807, 2.05) is 0 Å². The highest BCUT2D eigenvalue weighted by Gasteiger charge is 2.32. The predicted octanol–water partition coefficient (Wildman–Crippen LogP) is 1.84. The SMILES string of the molecule is Nc1c(F)cc(OC(F)(F)F)nc1F.